The Morgan fingerprint density at radius 1 is 0.688 bits per heavy atom. The van der Waals surface area contributed by atoms with Crippen molar-refractivity contribution in [3.63, 3.8) is 0 Å². The van der Waals surface area contributed by atoms with Gasteiger partial charge in [0.15, 0.2) is 0 Å². The Morgan fingerprint density at radius 3 is 1.62 bits per heavy atom. The number of pyridine rings is 1. The second-order valence-electron chi connectivity index (χ2n) is 3.37. The number of nitrogens with zero attached hydrogens (tertiary/aromatic N) is 1. The van der Waals surface area contributed by atoms with E-state index in [1.54, 1.807) is 0 Å². The van der Waals surface area contributed by atoms with E-state index in [2.05, 4.69) is 23.2 Å². The molecule has 0 unspecified atom stereocenters. The van der Waals surface area contributed by atoms with Crippen LogP contribution in [0.5, 0.6) is 0 Å². The second-order valence-corrected chi connectivity index (χ2v) is 3.37. The number of benzene rings is 2. The molecule has 74 valence electrons. The van der Waals surface area contributed by atoms with E-state index in [0.717, 1.165) is 11.0 Å². The maximum absolute atomic E-state index is 4.58. The smallest absolute Gasteiger partial charge is 2.00 e. The van der Waals surface area contributed by atoms with Crippen molar-refractivity contribution in [1.82, 2.24) is 4.98 Å². The van der Waals surface area contributed by atoms with Crippen molar-refractivity contribution in [1.29, 1.82) is 0 Å². The number of fused-ring (bicyclic) bond motifs is 2. The van der Waals surface area contributed by atoms with Crippen LogP contribution in [0, 0.1) is 0 Å². The molecule has 3 aromatic rings. The van der Waals surface area contributed by atoms with Gasteiger partial charge in [-0.15, -0.1) is 0 Å². The molecule has 0 aliphatic carbocycles. The van der Waals surface area contributed by atoms with Gasteiger partial charge in [0, 0.05) is 10.8 Å². The van der Waals surface area contributed by atoms with Gasteiger partial charge in [-0.2, -0.15) is 0 Å². The largest absolute Gasteiger partial charge is 2.00 e. The van der Waals surface area contributed by atoms with Crippen LogP contribution in [0.15, 0.2) is 54.6 Å². The summed E-state index contributed by atoms with van der Waals surface area (Å²) in [7, 11) is 0. The van der Waals surface area contributed by atoms with Crippen LogP contribution >= 0.6 is 0 Å². The van der Waals surface area contributed by atoms with Gasteiger partial charge in [0.05, 0.1) is 11.0 Å². The summed E-state index contributed by atoms with van der Waals surface area (Å²) in [6.07, 6.45) is 0. The molecule has 0 atom stereocenters. The van der Waals surface area contributed by atoms with Crippen molar-refractivity contribution in [2.45, 2.75) is 0 Å². The molecule has 1 heterocycles. The zero-order chi connectivity index (χ0) is 9.38. The van der Waals surface area contributed by atoms with Crippen molar-refractivity contribution < 1.29 is 0 Å². The molecule has 1 nitrogen and oxygen atoms in total. The van der Waals surface area contributed by atoms with Crippen molar-refractivity contribution >= 4 is 73.0 Å². The molecular weight excluding hydrogens is 242 g/mol. The third-order valence-corrected chi connectivity index (χ3v) is 2.43. The predicted molar refractivity (Wildman–Crippen MR) is 72.4 cm³/mol. The Kier molecular flexibility index (Phi) is 5.06. The Labute approximate surface area is 131 Å². The minimum atomic E-state index is 0. The van der Waals surface area contributed by atoms with Crippen LogP contribution in [0.1, 0.15) is 0 Å². The van der Waals surface area contributed by atoms with Gasteiger partial charge in [0.25, 0.3) is 0 Å². The SMILES string of the molecule is [Ca+2].[S-2].c1ccc2nc3ccccc3cc2c1. The zero-order valence-corrected chi connectivity index (χ0v) is 11.8. The van der Waals surface area contributed by atoms with E-state index >= 15 is 0 Å². The molecule has 3 rings (SSSR count). The summed E-state index contributed by atoms with van der Waals surface area (Å²) in [5.74, 6) is 0. The molecule has 0 saturated carbocycles. The average molecular weight is 251 g/mol. The molecular formula is C13H9CaNS. The molecule has 0 aliphatic heterocycles. The number of hydrogen-bond acceptors (Lipinski definition) is 1. The van der Waals surface area contributed by atoms with Crippen LogP contribution in [-0.2, 0) is 13.5 Å². The van der Waals surface area contributed by atoms with Crippen molar-refractivity contribution in [3.05, 3.63) is 54.6 Å². The van der Waals surface area contributed by atoms with Crippen molar-refractivity contribution in [2.24, 2.45) is 0 Å². The van der Waals surface area contributed by atoms with Crippen LogP contribution in [0.2, 0.25) is 0 Å². The number of para-hydroxylation sites is 2. The van der Waals surface area contributed by atoms with Gasteiger partial charge in [-0.25, -0.2) is 4.98 Å². The van der Waals surface area contributed by atoms with Gasteiger partial charge in [-0.3, -0.25) is 0 Å². The van der Waals surface area contributed by atoms with Crippen LogP contribution in [0.4, 0.5) is 0 Å². The quantitative estimate of drug-likeness (QED) is 0.442. The molecule has 0 N–H and O–H groups in total. The maximum Gasteiger partial charge on any atom is 2.00 e. The monoisotopic (exact) mass is 251 g/mol. The van der Waals surface area contributed by atoms with E-state index in [4.69, 9.17) is 0 Å². The van der Waals surface area contributed by atoms with Gasteiger partial charge in [0.2, 0.25) is 0 Å². The first-order chi connectivity index (χ1) is 6.93. The Hall–Kier alpha value is -0.280. The Balaban J connectivity index is 0.000000640. The third-order valence-electron chi connectivity index (χ3n) is 2.43. The summed E-state index contributed by atoms with van der Waals surface area (Å²) < 4.78 is 0. The fourth-order valence-corrected chi connectivity index (χ4v) is 1.72. The van der Waals surface area contributed by atoms with Crippen LogP contribution < -0.4 is 0 Å². The second kappa shape index (κ2) is 5.87. The van der Waals surface area contributed by atoms with E-state index in [1.165, 1.54) is 10.8 Å². The molecule has 3 heteroatoms. The Bertz CT molecular complexity index is 505. The summed E-state index contributed by atoms with van der Waals surface area (Å²) in [4.78, 5) is 4.58. The topological polar surface area (TPSA) is 12.9 Å². The summed E-state index contributed by atoms with van der Waals surface area (Å²) in [6, 6.07) is 18.6. The number of hydrogen-bond donors (Lipinski definition) is 0. The van der Waals surface area contributed by atoms with E-state index in [-0.39, 0.29) is 51.2 Å². The first-order valence-corrected chi connectivity index (χ1v) is 4.68. The van der Waals surface area contributed by atoms with Gasteiger partial charge >= 0.3 is 37.7 Å². The van der Waals surface area contributed by atoms with E-state index in [1.807, 2.05) is 36.4 Å². The fraction of sp³-hybridized carbons (Fsp3) is 0. The molecule has 1 aromatic heterocycles. The van der Waals surface area contributed by atoms with E-state index in [9.17, 15) is 0 Å². The third kappa shape index (κ3) is 2.51. The Morgan fingerprint density at radius 2 is 1.12 bits per heavy atom. The minimum Gasteiger partial charge on any atom is -2.00 e. The average Bonchev–Trinajstić information content (AvgIpc) is 2.26. The fourth-order valence-electron chi connectivity index (χ4n) is 1.72. The van der Waals surface area contributed by atoms with Crippen LogP contribution in [-0.4, -0.2) is 42.7 Å². The van der Waals surface area contributed by atoms with Gasteiger partial charge < -0.3 is 13.5 Å². The number of aromatic nitrogens is 1. The van der Waals surface area contributed by atoms with E-state index < -0.39 is 0 Å². The molecule has 2 aromatic carbocycles. The minimum absolute atomic E-state index is 0. The van der Waals surface area contributed by atoms with Crippen LogP contribution in [0.3, 0.4) is 0 Å². The molecule has 0 fully saturated rings. The molecule has 0 saturated heterocycles. The summed E-state index contributed by atoms with van der Waals surface area (Å²) >= 11 is 0. The van der Waals surface area contributed by atoms with Gasteiger partial charge in [-0.1, -0.05) is 36.4 Å². The predicted octanol–water partition coefficient (Wildman–Crippen LogP) is 3.00. The molecule has 0 spiro atoms. The first kappa shape index (κ1) is 13.8. The van der Waals surface area contributed by atoms with Gasteiger partial charge in [0.1, 0.15) is 0 Å². The van der Waals surface area contributed by atoms with Gasteiger partial charge in [-0.05, 0) is 18.2 Å². The molecule has 0 amide bonds. The molecule has 0 bridgehead atoms. The maximum atomic E-state index is 4.58. The summed E-state index contributed by atoms with van der Waals surface area (Å²) in [5, 5.41) is 2.40. The normalized spacial score (nSPS) is 9.50. The van der Waals surface area contributed by atoms with Crippen LogP contribution in [0.25, 0.3) is 21.8 Å². The first-order valence-electron chi connectivity index (χ1n) is 4.68. The number of rotatable bonds is 0. The summed E-state index contributed by atoms with van der Waals surface area (Å²) in [6.45, 7) is 0. The standard InChI is InChI=1S/C13H9N.Ca.S/c1-3-7-12-10(5-1)9-11-6-2-4-8-13(11)14-12;;/h1-9H;;/q;+2;-2. The zero-order valence-electron chi connectivity index (χ0n) is 8.76. The molecule has 0 aliphatic rings. The van der Waals surface area contributed by atoms with E-state index in [0.29, 0.717) is 0 Å². The van der Waals surface area contributed by atoms with Crippen molar-refractivity contribution in [2.75, 3.05) is 0 Å². The molecule has 16 heavy (non-hydrogen) atoms. The molecule has 0 radical (unpaired) electrons. The van der Waals surface area contributed by atoms with Crippen molar-refractivity contribution in [3.8, 4) is 0 Å². The summed E-state index contributed by atoms with van der Waals surface area (Å²) in [5.41, 5.74) is 2.12.